The largest absolute Gasteiger partial charge is 0.370 e. The molecule has 6 nitrogen and oxygen atoms in total. The highest BCUT2D eigenvalue weighted by Crippen LogP contribution is 2.09. The zero-order chi connectivity index (χ0) is 13.7. The molecule has 2 heterocycles. The van der Waals surface area contributed by atoms with Gasteiger partial charge in [-0.05, 0) is 31.9 Å². The van der Waals surface area contributed by atoms with Crippen LogP contribution in [0.5, 0.6) is 0 Å². The first-order chi connectivity index (χ1) is 9.20. The van der Waals surface area contributed by atoms with E-state index in [9.17, 15) is 9.59 Å². The third-order valence-corrected chi connectivity index (χ3v) is 2.97. The summed E-state index contributed by atoms with van der Waals surface area (Å²) in [4.78, 5) is 27.8. The van der Waals surface area contributed by atoms with Crippen molar-refractivity contribution in [1.82, 2.24) is 15.6 Å². The van der Waals surface area contributed by atoms with E-state index in [1.165, 1.54) is 0 Å². The number of carbonyl (C=O) groups excluding carboxylic acids is 2. The predicted octanol–water partition coefficient (Wildman–Crippen LogP) is 0.522. The molecule has 0 spiro atoms. The lowest BCUT2D eigenvalue weighted by Crippen LogP contribution is -2.50. The number of hydrogen-bond acceptors (Lipinski definition) is 4. The molecule has 0 radical (unpaired) electrons. The first kappa shape index (κ1) is 13.3. The van der Waals surface area contributed by atoms with Crippen molar-refractivity contribution in [2.24, 2.45) is 0 Å². The minimum Gasteiger partial charge on any atom is -0.370 e. The first-order valence-corrected chi connectivity index (χ1v) is 6.49. The topological polar surface area (TPSA) is 83.1 Å². The van der Waals surface area contributed by atoms with E-state index in [-0.39, 0.29) is 11.8 Å². The van der Waals surface area contributed by atoms with Crippen LogP contribution in [-0.2, 0) is 4.79 Å². The number of piperidine rings is 1. The van der Waals surface area contributed by atoms with Crippen LogP contribution in [0.15, 0.2) is 18.3 Å². The first-order valence-electron chi connectivity index (χ1n) is 6.49. The minimum atomic E-state index is -0.433. The number of anilines is 1. The average Bonchev–Trinajstić information content (AvgIpc) is 2.42. The fourth-order valence-electron chi connectivity index (χ4n) is 2.00. The van der Waals surface area contributed by atoms with Gasteiger partial charge in [0.25, 0.3) is 5.91 Å². The number of rotatable bonds is 4. The van der Waals surface area contributed by atoms with E-state index < -0.39 is 6.04 Å². The summed E-state index contributed by atoms with van der Waals surface area (Å²) in [5.41, 5.74) is 0.504. The average molecular weight is 262 g/mol. The van der Waals surface area contributed by atoms with Gasteiger partial charge in [0.2, 0.25) is 5.91 Å². The molecule has 1 atom stereocenters. The van der Waals surface area contributed by atoms with Crippen molar-refractivity contribution in [1.29, 1.82) is 0 Å². The van der Waals surface area contributed by atoms with Gasteiger partial charge in [-0.3, -0.25) is 9.59 Å². The van der Waals surface area contributed by atoms with Crippen LogP contribution in [0.3, 0.4) is 0 Å². The van der Waals surface area contributed by atoms with Gasteiger partial charge < -0.3 is 16.0 Å². The third-order valence-electron chi connectivity index (χ3n) is 2.97. The summed E-state index contributed by atoms with van der Waals surface area (Å²) in [6.45, 7) is 3.38. The molecule has 0 aromatic carbocycles. The van der Waals surface area contributed by atoms with Crippen molar-refractivity contribution in [3.05, 3.63) is 23.9 Å². The van der Waals surface area contributed by atoms with Crippen LogP contribution in [0.2, 0.25) is 0 Å². The Balaban J connectivity index is 2.02. The Kier molecular flexibility index (Phi) is 4.33. The lowest BCUT2D eigenvalue weighted by molar-refractivity contribution is -0.124. The van der Waals surface area contributed by atoms with Gasteiger partial charge in [-0.1, -0.05) is 0 Å². The van der Waals surface area contributed by atoms with Gasteiger partial charge in [0.15, 0.2) is 0 Å². The van der Waals surface area contributed by atoms with Gasteiger partial charge in [-0.15, -0.1) is 0 Å². The maximum absolute atomic E-state index is 12.1. The highest BCUT2D eigenvalue weighted by atomic mass is 16.2. The van der Waals surface area contributed by atoms with Crippen LogP contribution in [0, 0.1) is 0 Å². The second-order valence-electron chi connectivity index (χ2n) is 4.42. The van der Waals surface area contributed by atoms with E-state index >= 15 is 0 Å². The van der Waals surface area contributed by atoms with E-state index in [0.29, 0.717) is 24.3 Å². The van der Waals surface area contributed by atoms with Gasteiger partial charge in [0.1, 0.15) is 11.9 Å². The Bertz CT molecular complexity index is 475. The van der Waals surface area contributed by atoms with Crippen molar-refractivity contribution in [3.8, 4) is 0 Å². The number of nitrogens with one attached hydrogen (secondary N) is 3. The molecule has 2 amide bonds. The van der Waals surface area contributed by atoms with E-state index in [0.717, 1.165) is 13.0 Å². The summed E-state index contributed by atoms with van der Waals surface area (Å²) in [6, 6.07) is 2.88. The maximum Gasteiger partial charge on any atom is 0.252 e. The molecule has 1 aliphatic rings. The molecule has 0 bridgehead atoms. The van der Waals surface area contributed by atoms with Gasteiger partial charge in [-0.2, -0.15) is 0 Å². The van der Waals surface area contributed by atoms with E-state index in [1.807, 2.05) is 6.92 Å². The molecule has 1 fully saturated rings. The molecular weight excluding hydrogens is 244 g/mol. The van der Waals surface area contributed by atoms with Crippen LogP contribution >= 0.6 is 0 Å². The molecule has 1 unspecified atom stereocenters. The lowest BCUT2D eigenvalue weighted by atomic mass is 10.1. The molecule has 2 rings (SSSR count). The summed E-state index contributed by atoms with van der Waals surface area (Å²) in [5.74, 6) is 0.299. The van der Waals surface area contributed by atoms with Crippen molar-refractivity contribution in [3.63, 3.8) is 0 Å². The van der Waals surface area contributed by atoms with Crippen LogP contribution < -0.4 is 16.0 Å². The number of hydrogen-bond donors (Lipinski definition) is 3. The van der Waals surface area contributed by atoms with E-state index in [1.54, 1.807) is 18.3 Å². The van der Waals surface area contributed by atoms with Gasteiger partial charge in [0.05, 0.1) is 0 Å². The summed E-state index contributed by atoms with van der Waals surface area (Å²) >= 11 is 0. The van der Waals surface area contributed by atoms with Crippen molar-refractivity contribution in [2.45, 2.75) is 25.8 Å². The molecule has 1 saturated heterocycles. The highest BCUT2D eigenvalue weighted by Gasteiger charge is 2.24. The molecule has 6 heteroatoms. The predicted molar refractivity (Wildman–Crippen MR) is 71.9 cm³/mol. The second-order valence-corrected chi connectivity index (χ2v) is 4.42. The highest BCUT2D eigenvalue weighted by molar-refractivity contribution is 5.98. The summed E-state index contributed by atoms with van der Waals surface area (Å²) in [6.07, 6.45) is 3.15. The Labute approximate surface area is 112 Å². The van der Waals surface area contributed by atoms with Gasteiger partial charge in [0, 0.05) is 24.8 Å². The monoisotopic (exact) mass is 262 g/mol. The smallest absolute Gasteiger partial charge is 0.252 e. The zero-order valence-electron chi connectivity index (χ0n) is 10.9. The minimum absolute atomic E-state index is 0.111. The van der Waals surface area contributed by atoms with Crippen molar-refractivity contribution < 1.29 is 9.59 Å². The summed E-state index contributed by atoms with van der Waals surface area (Å²) in [7, 11) is 0. The number of carbonyl (C=O) groups is 2. The van der Waals surface area contributed by atoms with Crippen molar-refractivity contribution in [2.75, 3.05) is 18.4 Å². The Morgan fingerprint density at radius 2 is 2.42 bits per heavy atom. The fourth-order valence-corrected chi connectivity index (χ4v) is 2.00. The zero-order valence-corrected chi connectivity index (χ0v) is 10.9. The number of amides is 2. The second kappa shape index (κ2) is 6.17. The van der Waals surface area contributed by atoms with Gasteiger partial charge in [-0.25, -0.2) is 4.98 Å². The molecule has 1 aliphatic heterocycles. The molecule has 3 N–H and O–H groups in total. The van der Waals surface area contributed by atoms with E-state index in [2.05, 4.69) is 20.9 Å². The Hall–Kier alpha value is -2.11. The summed E-state index contributed by atoms with van der Waals surface area (Å²) in [5, 5.41) is 8.53. The number of nitrogens with zero attached hydrogens (tertiary/aromatic N) is 1. The molecule has 102 valence electrons. The SMILES string of the molecule is CCNc1cc(C(=O)NC2CCCNC2=O)ccn1. The standard InChI is InChI=1S/C13H18N4O2/c1-2-14-11-8-9(5-7-15-11)12(18)17-10-4-3-6-16-13(10)19/h5,7-8,10H,2-4,6H2,1H3,(H,14,15)(H,16,19)(H,17,18). The number of aromatic nitrogens is 1. The Morgan fingerprint density at radius 3 is 3.16 bits per heavy atom. The lowest BCUT2D eigenvalue weighted by Gasteiger charge is -2.22. The van der Waals surface area contributed by atoms with Crippen molar-refractivity contribution >= 4 is 17.6 Å². The van der Waals surface area contributed by atoms with E-state index in [4.69, 9.17) is 0 Å². The van der Waals surface area contributed by atoms with Crippen LogP contribution in [0.4, 0.5) is 5.82 Å². The number of pyridine rings is 1. The normalized spacial score (nSPS) is 18.6. The molecule has 1 aromatic heterocycles. The molecule has 0 aliphatic carbocycles. The van der Waals surface area contributed by atoms with Crippen LogP contribution in [-0.4, -0.2) is 35.9 Å². The fraction of sp³-hybridized carbons (Fsp3) is 0.462. The van der Waals surface area contributed by atoms with Crippen LogP contribution in [0.25, 0.3) is 0 Å². The quantitative estimate of drug-likeness (QED) is 0.739. The molecular formula is C13H18N4O2. The third kappa shape index (κ3) is 3.43. The molecule has 1 aromatic rings. The maximum atomic E-state index is 12.1. The molecule has 0 saturated carbocycles. The summed E-state index contributed by atoms with van der Waals surface area (Å²) < 4.78 is 0. The van der Waals surface area contributed by atoms with Crippen LogP contribution in [0.1, 0.15) is 30.1 Å². The van der Waals surface area contributed by atoms with Gasteiger partial charge >= 0.3 is 0 Å². The molecule has 19 heavy (non-hydrogen) atoms. The Morgan fingerprint density at radius 1 is 1.58 bits per heavy atom.